The fraction of sp³-hybridized carbons (Fsp3) is 0.263. The minimum Gasteiger partial charge on any atom is -0.395 e. The average molecular weight is 364 g/mol. The molecule has 0 saturated carbocycles. The van der Waals surface area contributed by atoms with Crippen molar-refractivity contribution in [2.45, 2.75) is 27.0 Å². The summed E-state index contributed by atoms with van der Waals surface area (Å²) in [6.45, 7) is 4.77. The molecule has 138 valence electrons. The zero-order valence-electron chi connectivity index (χ0n) is 15.2. The van der Waals surface area contributed by atoms with Crippen LogP contribution in [0.2, 0.25) is 0 Å². The van der Waals surface area contributed by atoms with Gasteiger partial charge in [0.1, 0.15) is 12.0 Å². The Labute approximate surface area is 155 Å². The molecule has 4 aromatic rings. The highest BCUT2D eigenvalue weighted by Crippen LogP contribution is 2.26. The van der Waals surface area contributed by atoms with Gasteiger partial charge in [0.05, 0.1) is 18.2 Å². The maximum Gasteiger partial charge on any atom is 0.192 e. The molecule has 0 bridgehead atoms. The highest BCUT2D eigenvalue weighted by molar-refractivity contribution is 5.93. The average Bonchev–Trinajstić information content (AvgIpc) is 3.20. The maximum absolute atomic E-state index is 9.32. The maximum atomic E-state index is 9.32. The monoisotopic (exact) mass is 364 g/mol. The number of aryl methyl sites for hydroxylation is 1. The van der Waals surface area contributed by atoms with Gasteiger partial charge >= 0.3 is 0 Å². The molecule has 0 fully saturated rings. The molecule has 3 aromatic heterocycles. The minimum atomic E-state index is 0.0577. The molecule has 0 aliphatic rings. The SMILES string of the molecule is Cc1c(C)n(CCO)c2ncn3nc(CO/N=C/c4ccccc4)nc3c12. The molecular weight excluding hydrogens is 344 g/mol. The van der Waals surface area contributed by atoms with Crippen molar-refractivity contribution in [2.75, 3.05) is 6.61 Å². The molecule has 0 atom stereocenters. The number of nitrogens with zero attached hydrogens (tertiary/aromatic N) is 6. The van der Waals surface area contributed by atoms with E-state index in [1.165, 1.54) is 0 Å². The van der Waals surface area contributed by atoms with Crippen LogP contribution < -0.4 is 0 Å². The summed E-state index contributed by atoms with van der Waals surface area (Å²) in [6, 6.07) is 9.72. The second-order valence-electron chi connectivity index (χ2n) is 6.24. The van der Waals surface area contributed by atoms with E-state index in [-0.39, 0.29) is 13.2 Å². The van der Waals surface area contributed by atoms with Crippen LogP contribution in [0.5, 0.6) is 0 Å². The first-order valence-corrected chi connectivity index (χ1v) is 8.70. The van der Waals surface area contributed by atoms with Crippen LogP contribution in [-0.2, 0) is 18.0 Å². The summed E-state index contributed by atoms with van der Waals surface area (Å²) < 4.78 is 3.65. The van der Waals surface area contributed by atoms with Crippen LogP contribution in [0.4, 0.5) is 0 Å². The van der Waals surface area contributed by atoms with Crippen LogP contribution in [0.3, 0.4) is 0 Å². The standard InChI is InChI=1S/C19H20N6O2/c1-13-14(2)24(8-9-26)18-17(13)19-22-16(23-25(19)12-20-18)11-27-21-10-15-6-4-3-5-7-15/h3-7,10,12,26H,8-9,11H2,1-2H3/b21-10+. The largest absolute Gasteiger partial charge is 0.395 e. The number of aromatic nitrogens is 5. The number of hydrogen-bond acceptors (Lipinski definition) is 6. The molecular formula is C19H20N6O2. The van der Waals surface area contributed by atoms with Gasteiger partial charge in [-0.05, 0) is 25.0 Å². The molecule has 8 nitrogen and oxygen atoms in total. The fourth-order valence-corrected chi connectivity index (χ4v) is 3.14. The number of benzene rings is 1. The third-order valence-corrected chi connectivity index (χ3v) is 4.58. The Bertz CT molecular complexity index is 1110. The van der Waals surface area contributed by atoms with Crippen molar-refractivity contribution >= 4 is 22.9 Å². The fourth-order valence-electron chi connectivity index (χ4n) is 3.14. The number of aliphatic hydroxyl groups excluding tert-OH is 1. The van der Waals surface area contributed by atoms with Crippen molar-refractivity contribution in [1.29, 1.82) is 0 Å². The van der Waals surface area contributed by atoms with Crippen molar-refractivity contribution in [3.63, 3.8) is 0 Å². The van der Waals surface area contributed by atoms with E-state index < -0.39 is 0 Å². The van der Waals surface area contributed by atoms with E-state index in [9.17, 15) is 5.11 Å². The van der Waals surface area contributed by atoms with Crippen molar-refractivity contribution in [2.24, 2.45) is 5.16 Å². The van der Waals surface area contributed by atoms with Crippen molar-refractivity contribution in [3.8, 4) is 0 Å². The van der Waals surface area contributed by atoms with Gasteiger partial charge in [-0.2, -0.15) is 0 Å². The molecule has 1 N–H and O–H groups in total. The number of hydrogen-bond donors (Lipinski definition) is 1. The lowest BCUT2D eigenvalue weighted by Gasteiger charge is -2.04. The predicted molar refractivity (Wildman–Crippen MR) is 102 cm³/mol. The summed E-state index contributed by atoms with van der Waals surface area (Å²) in [5.41, 5.74) is 4.63. The third kappa shape index (κ3) is 3.15. The van der Waals surface area contributed by atoms with Crippen molar-refractivity contribution < 1.29 is 9.94 Å². The second-order valence-corrected chi connectivity index (χ2v) is 6.24. The number of oxime groups is 1. The molecule has 3 heterocycles. The Morgan fingerprint density at radius 1 is 1.19 bits per heavy atom. The normalized spacial score (nSPS) is 11.8. The molecule has 0 aliphatic carbocycles. The van der Waals surface area contributed by atoms with E-state index >= 15 is 0 Å². The molecule has 8 heteroatoms. The lowest BCUT2D eigenvalue weighted by molar-refractivity contribution is 0.126. The van der Waals surface area contributed by atoms with E-state index in [4.69, 9.17) is 4.84 Å². The number of fused-ring (bicyclic) bond motifs is 3. The Morgan fingerprint density at radius 3 is 2.78 bits per heavy atom. The van der Waals surface area contributed by atoms with Crippen LogP contribution in [-0.4, -0.2) is 42.1 Å². The van der Waals surface area contributed by atoms with Crippen LogP contribution >= 0.6 is 0 Å². The van der Waals surface area contributed by atoms with E-state index in [2.05, 4.69) is 20.2 Å². The van der Waals surface area contributed by atoms with Gasteiger partial charge in [0.15, 0.2) is 18.1 Å². The van der Waals surface area contributed by atoms with Crippen LogP contribution in [0, 0.1) is 13.8 Å². The number of aliphatic hydroxyl groups is 1. The topological polar surface area (TPSA) is 89.8 Å². The molecule has 1 aromatic carbocycles. The second kappa shape index (κ2) is 7.16. The lowest BCUT2D eigenvalue weighted by Crippen LogP contribution is -2.05. The Morgan fingerprint density at radius 2 is 2.00 bits per heavy atom. The zero-order valence-corrected chi connectivity index (χ0v) is 15.2. The van der Waals surface area contributed by atoms with Gasteiger partial charge in [-0.1, -0.05) is 35.5 Å². The third-order valence-electron chi connectivity index (χ3n) is 4.58. The summed E-state index contributed by atoms with van der Waals surface area (Å²) >= 11 is 0. The van der Waals surface area contributed by atoms with E-state index in [0.29, 0.717) is 12.4 Å². The first-order valence-electron chi connectivity index (χ1n) is 8.70. The summed E-state index contributed by atoms with van der Waals surface area (Å²) in [5.74, 6) is 0.529. The molecule has 0 aliphatic heterocycles. The molecule has 0 amide bonds. The van der Waals surface area contributed by atoms with Gasteiger partial charge in [0.2, 0.25) is 0 Å². The van der Waals surface area contributed by atoms with Gasteiger partial charge < -0.3 is 14.5 Å². The van der Waals surface area contributed by atoms with E-state index in [0.717, 1.165) is 33.5 Å². The van der Waals surface area contributed by atoms with Gasteiger partial charge in [-0.3, -0.25) is 0 Å². The van der Waals surface area contributed by atoms with Gasteiger partial charge in [-0.25, -0.2) is 14.5 Å². The van der Waals surface area contributed by atoms with Crippen LogP contribution in [0.15, 0.2) is 41.8 Å². The first-order chi connectivity index (χ1) is 13.2. The highest BCUT2D eigenvalue weighted by atomic mass is 16.6. The smallest absolute Gasteiger partial charge is 0.192 e. The molecule has 0 unspecified atom stereocenters. The molecule has 0 saturated heterocycles. The van der Waals surface area contributed by atoms with E-state index in [1.807, 2.05) is 48.7 Å². The number of rotatable bonds is 6. The molecule has 0 spiro atoms. The van der Waals surface area contributed by atoms with Gasteiger partial charge in [0.25, 0.3) is 0 Å². The molecule has 0 radical (unpaired) electrons. The van der Waals surface area contributed by atoms with Crippen LogP contribution in [0.1, 0.15) is 22.6 Å². The summed E-state index contributed by atoms with van der Waals surface area (Å²) in [5, 5.41) is 18.6. The Hall–Kier alpha value is -3.26. The summed E-state index contributed by atoms with van der Waals surface area (Å²) in [6.07, 6.45) is 3.28. The van der Waals surface area contributed by atoms with Gasteiger partial charge in [-0.15, -0.1) is 5.10 Å². The van der Waals surface area contributed by atoms with E-state index in [1.54, 1.807) is 17.1 Å². The minimum absolute atomic E-state index is 0.0577. The molecule has 27 heavy (non-hydrogen) atoms. The van der Waals surface area contributed by atoms with Gasteiger partial charge in [0, 0.05) is 12.2 Å². The highest BCUT2D eigenvalue weighted by Gasteiger charge is 2.17. The summed E-state index contributed by atoms with van der Waals surface area (Å²) in [7, 11) is 0. The predicted octanol–water partition coefficient (Wildman–Crippen LogP) is 2.24. The van der Waals surface area contributed by atoms with Crippen molar-refractivity contribution in [3.05, 3.63) is 59.3 Å². The molecule has 4 rings (SSSR count). The van der Waals surface area contributed by atoms with Crippen molar-refractivity contribution in [1.82, 2.24) is 24.1 Å². The lowest BCUT2D eigenvalue weighted by atomic mass is 10.2. The first kappa shape index (κ1) is 17.2. The van der Waals surface area contributed by atoms with Crippen LogP contribution in [0.25, 0.3) is 16.7 Å². The Balaban J connectivity index is 1.61. The Kier molecular flexibility index (Phi) is 4.55. The summed E-state index contributed by atoms with van der Waals surface area (Å²) in [4.78, 5) is 14.4. The zero-order chi connectivity index (χ0) is 18.8. The quantitative estimate of drug-likeness (QED) is 0.419.